The van der Waals surface area contributed by atoms with E-state index in [0.717, 1.165) is 65.1 Å². The number of rotatable bonds is 46. The van der Waals surface area contributed by atoms with E-state index in [-0.39, 0.29) is 0 Å². The van der Waals surface area contributed by atoms with E-state index in [2.05, 4.69) is 61.1 Å². The molecule has 0 aliphatic carbocycles. The Labute approximate surface area is 396 Å². The zero-order valence-corrected chi connectivity index (χ0v) is 44.3. The van der Waals surface area contributed by atoms with E-state index in [9.17, 15) is 9.59 Å². The van der Waals surface area contributed by atoms with Crippen molar-refractivity contribution in [3.63, 3.8) is 0 Å². The van der Waals surface area contributed by atoms with Crippen LogP contribution >= 0.6 is 0 Å². The molecule has 0 atom stereocenters. The molecule has 1 saturated heterocycles. The lowest BCUT2D eigenvalue weighted by atomic mass is 10.1. The fourth-order valence-electron chi connectivity index (χ4n) is 8.64. The second-order valence-electron chi connectivity index (χ2n) is 19.1. The summed E-state index contributed by atoms with van der Waals surface area (Å²) in [5.41, 5.74) is 0. The van der Waals surface area contributed by atoms with E-state index in [1.165, 1.54) is 232 Å². The van der Waals surface area contributed by atoms with Gasteiger partial charge in [0.25, 0.3) is 0 Å². The lowest BCUT2D eigenvalue weighted by Crippen LogP contribution is -2.43. The number of hydrogen-bond donors (Lipinski definition) is 0. The molecular formula is C56H116N4O3. The molecule has 1 amide bonds. The van der Waals surface area contributed by atoms with E-state index in [4.69, 9.17) is 4.74 Å². The van der Waals surface area contributed by atoms with E-state index < -0.39 is 0 Å². The Hall–Kier alpha value is -1.02. The summed E-state index contributed by atoms with van der Waals surface area (Å²) in [4.78, 5) is 33.1. The van der Waals surface area contributed by atoms with Gasteiger partial charge in [-0.05, 0) is 90.6 Å². The third-order valence-electron chi connectivity index (χ3n) is 13.1. The van der Waals surface area contributed by atoms with Gasteiger partial charge in [0.15, 0.2) is 0 Å². The number of methoxy groups -OCH3 is 1. The highest BCUT2D eigenvalue weighted by Gasteiger charge is 2.21. The Morgan fingerprint density at radius 2 is 0.762 bits per heavy atom. The summed E-state index contributed by atoms with van der Waals surface area (Å²) in [6.07, 6.45) is 47.3. The lowest BCUT2D eigenvalue weighted by molar-refractivity contribution is -0.131. The highest BCUT2D eigenvalue weighted by molar-refractivity contribution is 5.78. The number of unbranched alkanes of at least 4 members (excludes halogenated alkanes) is 27. The van der Waals surface area contributed by atoms with Crippen LogP contribution in [0.25, 0.3) is 0 Å². The third-order valence-corrected chi connectivity index (χ3v) is 13.1. The van der Waals surface area contributed by atoms with Crippen LogP contribution in [0.2, 0.25) is 0 Å². The van der Waals surface area contributed by atoms with Crippen LogP contribution in [-0.4, -0.2) is 118 Å². The van der Waals surface area contributed by atoms with Gasteiger partial charge in [-0.2, -0.15) is 0 Å². The maximum atomic E-state index is 13.0. The van der Waals surface area contributed by atoms with Gasteiger partial charge < -0.3 is 24.2 Å². The Balaban J connectivity index is 0. The van der Waals surface area contributed by atoms with Crippen LogP contribution in [0.15, 0.2) is 0 Å². The average Bonchev–Trinajstić information content (AvgIpc) is 3.85. The molecule has 1 rings (SSSR count). The molecule has 1 aliphatic heterocycles. The first-order chi connectivity index (χ1) is 31.0. The summed E-state index contributed by atoms with van der Waals surface area (Å²) in [7, 11) is 1.75. The van der Waals surface area contributed by atoms with Gasteiger partial charge in [-0.1, -0.05) is 208 Å². The molecule has 0 bridgehead atoms. The maximum Gasteiger partial charge on any atom is 0.236 e. The van der Waals surface area contributed by atoms with Crippen molar-refractivity contribution >= 4 is 12.2 Å². The van der Waals surface area contributed by atoms with Crippen molar-refractivity contribution in [2.45, 2.75) is 266 Å². The van der Waals surface area contributed by atoms with E-state index >= 15 is 0 Å². The first-order valence-corrected chi connectivity index (χ1v) is 28.3. The van der Waals surface area contributed by atoms with Crippen molar-refractivity contribution in [1.29, 1.82) is 0 Å². The number of carbonyl (C=O) groups excluding carboxylic acids is 2. The molecule has 1 fully saturated rings. The third kappa shape index (κ3) is 48.7. The highest BCUT2D eigenvalue weighted by Crippen LogP contribution is 2.14. The van der Waals surface area contributed by atoms with Gasteiger partial charge in [-0.25, -0.2) is 0 Å². The molecule has 0 aromatic rings. The number of carbonyl (C=O) groups is 2. The first kappa shape index (κ1) is 64.1. The van der Waals surface area contributed by atoms with E-state index in [1.54, 1.807) is 7.11 Å². The van der Waals surface area contributed by atoms with Crippen molar-refractivity contribution in [3.8, 4) is 0 Å². The Morgan fingerprint density at radius 1 is 0.429 bits per heavy atom. The summed E-state index contributed by atoms with van der Waals surface area (Å²) < 4.78 is 4.84. The minimum absolute atomic E-state index is 0.376. The molecule has 1 heterocycles. The second kappa shape index (κ2) is 55.3. The topological polar surface area (TPSA) is 56.3 Å². The van der Waals surface area contributed by atoms with E-state index in [1.807, 2.05) is 0 Å². The van der Waals surface area contributed by atoms with Crippen LogP contribution in [0.4, 0.5) is 0 Å². The van der Waals surface area contributed by atoms with Crippen LogP contribution in [0, 0.1) is 0 Å². The van der Waals surface area contributed by atoms with Crippen LogP contribution < -0.4 is 0 Å². The van der Waals surface area contributed by atoms with Gasteiger partial charge in [0.2, 0.25) is 5.91 Å². The smallest absolute Gasteiger partial charge is 0.236 e. The average molecular weight is 894 g/mol. The fraction of sp³-hybridized carbons (Fsp3) is 0.964. The molecule has 63 heavy (non-hydrogen) atoms. The number of nitrogens with zero attached hydrogens (tertiary/aromatic N) is 4. The molecule has 0 N–H and O–H groups in total. The number of ether oxygens (including phenoxy) is 1. The molecule has 0 unspecified atom stereocenters. The summed E-state index contributed by atoms with van der Waals surface area (Å²) >= 11 is 0. The molecule has 378 valence electrons. The second-order valence-corrected chi connectivity index (χ2v) is 19.1. The Kier molecular flexibility index (Phi) is 56.2. The summed E-state index contributed by atoms with van der Waals surface area (Å²) in [5, 5.41) is 0. The summed E-state index contributed by atoms with van der Waals surface area (Å²) in [6, 6.07) is 0. The molecule has 0 radical (unpaired) electrons. The molecule has 0 aromatic carbocycles. The molecular weight excluding hydrogens is 777 g/mol. The van der Waals surface area contributed by atoms with Gasteiger partial charge in [0, 0.05) is 46.3 Å². The summed E-state index contributed by atoms with van der Waals surface area (Å²) in [5.74, 6) is 0.376. The van der Waals surface area contributed by atoms with Gasteiger partial charge >= 0.3 is 0 Å². The predicted octanol–water partition coefficient (Wildman–Crippen LogP) is 15.3. The molecule has 0 saturated carbocycles. The van der Waals surface area contributed by atoms with Crippen molar-refractivity contribution in [1.82, 2.24) is 19.6 Å². The Bertz CT molecular complexity index is 848. The zero-order valence-electron chi connectivity index (χ0n) is 44.3. The number of hydrogen-bond acceptors (Lipinski definition) is 6. The van der Waals surface area contributed by atoms with E-state index in [0.29, 0.717) is 18.9 Å². The van der Waals surface area contributed by atoms with Crippen LogP contribution in [0.5, 0.6) is 0 Å². The maximum absolute atomic E-state index is 13.0. The zero-order chi connectivity index (χ0) is 46.5. The van der Waals surface area contributed by atoms with Gasteiger partial charge in [0.05, 0.1) is 6.54 Å². The Morgan fingerprint density at radius 3 is 1.14 bits per heavy atom. The number of likely N-dealkylation sites (tertiary alicyclic amines) is 1. The van der Waals surface area contributed by atoms with Crippen molar-refractivity contribution in [2.24, 2.45) is 0 Å². The molecule has 7 heteroatoms. The van der Waals surface area contributed by atoms with Crippen LogP contribution in [0.1, 0.15) is 266 Å². The van der Waals surface area contributed by atoms with Gasteiger partial charge in [-0.15, -0.1) is 0 Å². The minimum Gasteiger partial charge on any atom is -0.385 e. The van der Waals surface area contributed by atoms with Crippen molar-refractivity contribution in [2.75, 3.05) is 85.7 Å². The normalized spacial score (nSPS) is 12.6. The molecule has 7 nitrogen and oxygen atoms in total. The van der Waals surface area contributed by atoms with Crippen molar-refractivity contribution in [3.05, 3.63) is 0 Å². The SMILES string of the molecule is CCCCCCCCCN(CC)CCCC=O.CCCCCCCCCN(CCCCCCCCC)CCN(CCCCCCCCC)CC(=O)N1CCCC1.CCCCCOC. The minimum atomic E-state index is 0.376. The van der Waals surface area contributed by atoms with Gasteiger partial charge in [-0.3, -0.25) is 9.69 Å². The van der Waals surface area contributed by atoms with Crippen LogP contribution in [-0.2, 0) is 14.3 Å². The molecule has 1 aliphatic rings. The lowest BCUT2D eigenvalue weighted by Gasteiger charge is -2.29. The quantitative estimate of drug-likeness (QED) is 0.0448. The highest BCUT2D eigenvalue weighted by atomic mass is 16.5. The molecule has 0 spiro atoms. The predicted molar refractivity (Wildman–Crippen MR) is 279 cm³/mol. The fourth-order valence-corrected chi connectivity index (χ4v) is 8.64. The standard InChI is InChI=1S/C35H71N3O.C15H31NO.C6H14O/c1-4-7-10-13-16-19-22-27-36(28-23-20-17-14-11-8-5-2)32-33-37(29-24-21-18-15-12-9-6-3)34-35(39)38-30-25-26-31-38;1-3-5-6-7-8-9-10-13-16(4-2)14-11-12-15-17;1-3-4-5-6-7-2/h4-34H2,1-3H3;15H,3-14H2,1-2H3;3-6H2,1-2H3. The first-order valence-electron chi connectivity index (χ1n) is 28.3. The largest absolute Gasteiger partial charge is 0.385 e. The van der Waals surface area contributed by atoms with Crippen molar-refractivity contribution < 1.29 is 14.3 Å². The summed E-state index contributed by atoms with van der Waals surface area (Å²) in [6.45, 7) is 26.3. The van der Waals surface area contributed by atoms with Gasteiger partial charge in [0.1, 0.15) is 6.29 Å². The number of amides is 1. The monoisotopic (exact) mass is 893 g/mol. The molecule has 0 aromatic heterocycles. The number of aldehydes is 1. The van der Waals surface area contributed by atoms with Crippen LogP contribution in [0.3, 0.4) is 0 Å².